The standard InChI is InChI=1S/C10H14F3N3/c11-10(12,13)16-6-8(5-15-16)7-1-3-9(14)4-2-7/h5-7,9H,1-4,14H2. The molecule has 6 heteroatoms. The molecule has 1 saturated carbocycles. The largest absolute Gasteiger partial charge is 0.504 e. The molecule has 1 aromatic heterocycles. The Bertz CT molecular complexity index is 350. The number of halogens is 3. The molecule has 3 nitrogen and oxygen atoms in total. The van der Waals surface area contributed by atoms with Crippen LogP contribution in [0, 0.1) is 0 Å². The number of nitrogens with two attached hydrogens (primary N) is 1. The fourth-order valence-electron chi connectivity index (χ4n) is 2.14. The summed E-state index contributed by atoms with van der Waals surface area (Å²) < 4.78 is 37.0. The number of rotatable bonds is 1. The van der Waals surface area contributed by atoms with Crippen LogP contribution < -0.4 is 5.73 Å². The van der Waals surface area contributed by atoms with Gasteiger partial charge in [0.2, 0.25) is 0 Å². The lowest BCUT2D eigenvalue weighted by molar-refractivity contribution is -0.212. The van der Waals surface area contributed by atoms with Crippen LogP contribution in [0.25, 0.3) is 0 Å². The van der Waals surface area contributed by atoms with E-state index in [1.54, 1.807) is 0 Å². The SMILES string of the molecule is NC1CCC(c2cnn(C(F)(F)F)c2)CC1. The summed E-state index contributed by atoms with van der Waals surface area (Å²) in [6, 6.07) is 0.203. The van der Waals surface area contributed by atoms with Gasteiger partial charge in [-0.15, -0.1) is 13.2 Å². The van der Waals surface area contributed by atoms with Crippen molar-refractivity contribution in [1.29, 1.82) is 0 Å². The van der Waals surface area contributed by atoms with Gasteiger partial charge >= 0.3 is 6.30 Å². The summed E-state index contributed by atoms with van der Waals surface area (Å²) >= 11 is 0. The van der Waals surface area contributed by atoms with Gasteiger partial charge < -0.3 is 5.73 Å². The first-order valence-corrected chi connectivity index (χ1v) is 5.34. The molecule has 0 spiro atoms. The predicted molar refractivity (Wildman–Crippen MR) is 52.7 cm³/mol. The molecule has 2 rings (SSSR count). The van der Waals surface area contributed by atoms with E-state index in [0.717, 1.165) is 31.9 Å². The van der Waals surface area contributed by atoms with Gasteiger partial charge in [0, 0.05) is 12.2 Å². The zero-order valence-electron chi connectivity index (χ0n) is 8.74. The predicted octanol–water partition coefficient (Wildman–Crippen LogP) is 2.34. The molecule has 16 heavy (non-hydrogen) atoms. The van der Waals surface area contributed by atoms with Gasteiger partial charge in [0.1, 0.15) is 0 Å². The molecule has 1 fully saturated rings. The highest BCUT2D eigenvalue weighted by Crippen LogP contribution is 2.33. The Balaban J connectivity index is 2.08. The van der Waals surface area contributed by atoms with E-state index in [0.29, 0.717) is 5.56 Å². The lowest BCUT2D eigenvalue weighted by atomic mass is 9.83. The zero-order chi connectivity index (χ0) is 11.8. The minimum absolute atomic E-state index is 0.0663. The van der Waals surface area contributed by atoms with E-state index in [4.69, 9.17) is 5.73 Å². The molecule has 0 radical (unpaired) electrons. The van der Waals surface area contributed by atoms with Crippen LogP contribution in [-0.2, 0) is 6.30 Å². The van der Waals surface area contributed by atoms with Gasteiger partial charge in [-0.05, 0) is 37.2 Å². The van der Waals surface area contributed by atoms with Crippen LogP contribution in [0.3, 0.4) is 0 Å². The Morgan fingerprint density at radius 1 is 1.25 bits per heavy atom. The maximum Gasteiger partial charge on any atom is 0.504 e. The van der Waals surface area contributed by atoms with Gasteiger partial charge in [-0.3, -0.25) is 0 Å². The fourth-order valence-corrected chi connectivity index (χ4v) is 2.14. The summed E-state index contributed by atoms with van der Waals surface area (Å²) in [6.07, 6.45) is 1.44. The third kappa shape index (κ3) is 2.37. The summed E-state index contributed by atoms with van der Waals surface area (Å²) in [6.45, 7) is 0. The normalized spacial score (nSPS) is 27.0. The van der Waals surface area contributed by atoms with Crippen molar-refractivity contribution in [3.8, 4) is 0 Å². The minimum Gasteiger partial charge on any atom is -0.328 e. The fraction of sp³-hybridized carbons (Fsp3) is 0.700. The molecule has 0 saturated heterocycles. The highest BCUT2D eigenvalue weighted by Gasteiger charge is 2.32. The molecule has 1 aliphatic carbocycles. The number of alkyl halides is 3. The molecule has 0 bridgehead atoms. The van der Waals surface area contributed by atoms with E-state index in [1.165, 1.54) is 6.20 Å². The Hall–Kier alpha value is -1.04. The first-order chi connectivity index (χ1) is 7.47. The molecule has 1 aromatic rings. The molecule has 0 aliphatic heterocycles. The Labute approximate surface area is 91.4 Å². The van der Waals surface area contributed by atoms with Gasteiger partial charge in [-0.1, -0.05) is 0 Å². The van der Waals surface area contributed by atoms with Crippen molar-refractivity contribution >= 4 is 0 Å². The molecule has 0 aromatic carbocycles. The Morgan fingerprint density at radius 3 is 2.38 bits per heavy atom. The quantitative estimate of drug-likeness (QED) is 0.809. The van der Waals surface area contributed by atoms with Gasteiger partial charge in [0.15, 0.2) is 0 Å². The summed E-state index contributed by atoms with van der Waals surface area (Å²) in [4.78, 5) is 0. The smallest absolute Gasteiger partial charge is 0.328 e. The van der Waals surface area contributed by atoms with Crippen LogP contribution in [0.2, 0.25) is 0 Å². The second-order valence-corrected chi connectivity index (χ2v) is 4.30. The molecule has 1 aliphatic rings. The van der Waals surface area contributed by atoms with Crippen molar-refractivity contribution in [2.75, 3.05) is 0 Å². The highest BCUT2D eigenvalue weighted by atomic mass is 19.4. The summed E-state index contributed by atoms with van der Waals surface area (Å²) in [7, 11) is 0. The summed E-state index contributed by atoms with van der Waals surface area (Å²) in [5.41, 5.74) is 6.42. The first kappa shape index (κ1) is 11.4. The van der Waals surface area contributed by atoms with Crippen molar-refractivity contribution in [3.05, 3.63) is 18.0 Å². The summed E-state index contributed by atoms with van der Waals surface area (Å²) in [5.74, 6) is 0.177. The molecule has 0 atom stereocenters. The minimum atomic E-state index is -4.41. The lowest BCUT2D eigenvalue weighted by Gasteiger charge is -2.25. The van der Waals surface area contributed by atoms with Gasteiger partial charge in [-0.25, -0.2) is 0 Å². The van der Waals surface area contributed by atoms with Gasteiger partial charge in [0.05, 0.1) is 6.20 Å². The van der Waals surface area contributed by atoms with Crippen LogP contribution in [0.5, 0.6) is 0 Å². The van der Waals surface area contributed by atoms with Crippen molar-refractivity contribution in [1.82, 2.24) is 9.78 Å². The van der Waals surface area contributed by atoms with Crippen molar-refractivity contribution in [2.45, 2.75) is 43.9 Å². The van der Waals surface area contributed by atoms with Crippen molar-refractivity contribution < 1.29 is 13.2 Å². The Kier molecular flexibility index (Phi) is 2.92. The molecule has 0 amide bonds. The lowest BCUT2D eigenvalue weighted by Crippen LogP contribution is -2.25. The van der Waals surface area contributed by atoms with Crippen LogP contribution >= 0.6 is 0 Å². The highest BCUT2D eigenvalue weighted by molar-refractivity contribution is 5.12. The third-order valence-corrected chi connectivity index (χ3v) is 3.11. The van der Waals surface area contributed by atoms with Crippen molar-refractivity contribution in [3.63, 3.8) is 0 Å². The van der Waals surface area contributed by atoms with Crippen LogP contribution in [0.15, 0.2) is 12.4 Å². The third-order valence-electron chi connectivity index (χ3n) is 3.11. The van der Waals surface area contributed by atoms with E-state index in [9.17, 15) is 13.2 Å². The molecule has 1 heterocycles. The van der Waals surface area contributed by atoms with E-state index in [1.807, 2.05) is 0 Å². The maximum absolute atomic E-state index is 12.3. The van der Waals surface area contributed by atoms with Crippen LogP contribution in [0.4, 0.5) is 13.2 Å². The molecule has 0 unspecified atom stereocenters. The molecule has 90 valence electrons. The average Bonchev–Trinajstić information content (AvgIpc) is 2.67. The number of hydrogen-bond donors (Lipinski definition) is 1. The van der Waals surface area contributed by atoms with E-state index < -0.39 is 6.30 Å². The number of nitrogens with zero attached hydrogens (tertiary/aromatic N) is 2. The van der Waals surface area contributed by atoms with Crippen LogP contribution in [0.1, 0.15) is 37.2 Å². The van der Waals surface area contributed by atoms with E-state index in [-0.39, 0.29) is 16.6 Å². The zero-order valence-corrected chi connectivity index (χ0v) is 8.74. The second-order valence-electron chi connectivity index (χ2n) is 4.30. The number of hydrogen-bond acceptors (Lipinski definition) is 2. The topological polar surface area (TPSA) is 43.8 Å². The van der Waals surface area contributed by atoms with E-state index in [2.05, 4.69) is 5.10 Å². The monoisotopic (exact) mass is 233 g/mol. The molecule has 2 N–H and O–H groups in total. The maximum atomic E-state index is 12.3. The van der Waals surface area contributed by atoms with E-state index >= 15 is 0 Å². The van der Waals surface area contributed by atoms with Gasteiger partial charge in [0.25, 0.3) is 0 Å². The first-order valence-electron chi connectivity index (χ1n) is 5.34. The molecular formula is C10H14F3N3. The Morgan fingerprint density at radius 2 is 1.88 bits per heavy atom. The van der Waals surface area contributed by atoms with Crippen LogP contribution in [-0.4, -0.2) is 15.8 Å². The second kappa shape index (κ2) is 4.08. The van der Waals surface area contributed by atoms with Crippen molar-refractivity contribution in [2.24, 2.45) is 5.73 Å². The average molecular weight is 233 g/mol. The van der Waals surface area contributed by atoms with Gasteiger partial charge in [-0.2, -0.15) is 9.78 Å². The number of aromatic nitrogens is 2. The molecular weight excluding hydrogens is 219 g/mol. The summed E-state index contributed by atoms with van der Waals surface area (Å²) in [5, 5.41) is 3.34.